The van der Waals surface area contributed by atoms with Crippen molar-refractivity contribution < 1.29 is 37.5 Å². The fraction of sp³-hybridized carbons (Fsp3) is 0.520. The van der Waals surface area contributed by atoms with Crippen molar-refractivity contribution in [3.05, 3.63) is 36.7 Å². The summed E-state index contributed by atoms with van der Waals surface area (Å²) in [7, 11) is 0. The van der Waals surface area contributed by atoms with Crippen molar-refractivity contribution in [1.29, 1.82) is 0 Å². The molecule has 0 amide bonds. The highest BCUT2D eigenvalue weighted by atomic mass is 32.5. The zero-order valence-corrected chi connectivity index (χ0v) is 25.0. The van der Waals surface area contributed by atoms with Gasteiger partial charge in [0, 0.05) is 0 Å². The van der Waals surface area contributed by atoms with E-state index in [4.69, 9.17) is 40.8 Å². The highest BCUT2D eigenvalue weighted by molar-refractivity contribution is 8.09. The molecular weight excluding hydrogens is 578 g/mol. The molecule has 2 aromatic heterocycles. The number of nitrogens with two attached hydrogens (primary N) is 1. The molecule has 1 aromatic carbocycles. The predicted molar refractivity (Wildman–Crippen MR) is 151 cm³/mol. The van der Waals surface area contributed by atoms with E-state index in [9.17, 15) is 9.90 Å². The van der Waals surface area contributed by atoms with Gasteiger partial charge in [-0.2, -0.15) is 9.97 Å². The number of fused-ring (bicyclic) bond motifs is 1. The quantitative estimate of drug-likeness (QED) is 0.202. The van der Waals surface area contributed by atoms with Gasteiger partial charge in [0.25, 0.3) is 0 Å². The van der Waals surface area contributed by atoms with E-state index in [1.165, 1.54) is 17.8 Å². The van der Waals surface area contributed by atoms with Crippen molar-refractivity contribution in [1.82, 2.24) is 24.6 Å². The third kappa shape index (κ3) is 6.93. The smallest absolute Gasteiger partial charge is 0.323 e. The molecule has 4 N–H and O–H groups in total. The molecule has 41 heavy (non-hydrogen) atoms. The van der Waals surface area contributed by atoms with Crippen LogP contribution >= 0.6 is 6.64 Å². The summed E-state index contributed by atoms with van der Waals surface area (Å²) in [6.45, 7) is 4.45. The second kappa shape index (κ2) is 12.5. The van der Waals surface area contributed by atoms with Gasteiger partial charge < -0.3 is 34.1 Å². The number of esters is 1. The Morgan fingerprint density at radius 1 is 1.32 bits per heavy atom. The molecule has 0 bridgehead atoms. The molecule has 1 fully saturated rings. The summed E-state index contributed by atoms with van der Waals surface area (Å²) < 4.78 is 46.0. The highest BCUT2D eigenvalue weighted by Crippen LogP contribution is 2.48. The molecule has 3 heterocycles. The number of hydrogen-bond acceptors (Lipinski definition) is 12. The first-order valence-electron chi connectivity index (χ1n) is 13.0. The Morgan fingerprint density at radius 2 is 2.02 bits per heavy atom. The minimum atomic E-state index is -3.46. The van der Waals surface area contributed by atoms with Crippen LogP contribution in [0.15, 0.2) is 36.7 Å². The second-order valence-electron chi connectivity index (χ2n) is 9.80. The van der Waals surface area contributed by atoms with Gasteiger partial charge >= 0.3 is 12.6 Å². The Kier molecular flexibility index (Phi) is 9.46. The second-order valence-corrected chi connectivity index (χ2v) is 12.9. The number of aromatic nitrogens is 4. The maximum Gasteiger partial charge on any atom is 0.323 e. The number of halogens is 1. The van der Waals surface area contributed by atoms with Gasteiger partial charge in [-0.05, 0) is 58.6 Å². The maximum absolute atomic E-state index is 16.1. The zero-order valence-electron chi connectivity index (χ0n) is 23.3. The first kappa shape index (κ1) is 31.0. The summed E-state index contributed by atoms with van der Waals surface area (Å²) in [5.74, 6) is -0.122. The van der Waals surface area contributed by atoms with Crippen LogP contribution < -0.4 is 20.1 Å². The first-order chi connectivity index (χ1) is 19.3. The number of benzene rings is 1. The number of nitrogen functional groups attached to an aromatic ring is 1. The van der Waals surface area contributed by atoms with Crippen LogP contribution in [0.1, 0.15) is 40.8 Å². The lowest BCUT2D eigenvalue weighted by atomic mass is 9.98. The summed E-state index contributed by atoms with van der Waals surface area (Å²) in [6.07, 6.45) is -3.21. The summed E-state index contributed by atoms with van der Waals surface area (Å²) in [5.41, 5.74) is 3.96. The monoisotopic (exact) mass is 612 g/mol. The van der Waals surface area contributed by atoms with Crippen LogP contribution in [0.4, 0.5) is 10.3 Å². The minimum Gasteiger partial charge on any atom is -0.476 e. The van der Waals surface area contributed by atoms with E-state index in [1.54, 1.807) is 58.0 Å². The SMILES string of the molecule is CCOc1nc(N)nc2c1ncn2C1O[C@H](CO[P@@](=S)(NC(C)C(=O)OC(C)C)Oc2ccccc2)[C@@H](O)[C@@]1(C)F. The van der Waals surface area contributed by atoms with Gasteiger partial charge in [0.05, 0.1) is 25.6 Å². The number of rotatable bonds is 12. The van der Waals surface area contributed by atoms with Crippen LogP contribution in [0.25, 0.3) is 11.2 Å². The lowest BCUT2D eigenvalue weighted by molar-refractivity contribution is -0.149. The fourth-order valence-electron chi connectivity index (χ4n) is 4.17. The third-order valence-corrected chi connectivity index (χ3v) is 8.59. The van der Waals surface area contributed by atoms with Crippen molar-refractivity contribution in [2.75, 3.05) is 18.9 Å². The van der Waals surface area contributed by atoms with Crippen LogP contribution in [-0.2, 0) is 30.6 Å². The average molecular weight is 613 g/mol. The van der Waals surface area contributed by atoms with E-state index >= 15 is 4.39 Å². The van der Waals surface area contributed by atoms with Crippen LogP contribution in [0.3, 0.4) is 0 Å². The van der Waals surface area contributed by atoms with Gasteiger partial charge in [-0.3, -0.25) is 9.36 Å². The Bertz CT molecular complexity index is 1410. The van der Waals surface area contributed by atoms with Crippen molar-refractivity contribution in [2.24, 2.45) is 0 Å². The molecule has 0 saturated carbocycles. The van der Waals surface area contributed by atoms with E-state index in [1.807, 2.05) is 0 Å². The third-order valence-electron chi connectivity index (χ3n) is 6.09. The number of anilines is 1. The van der Waals surface area contributed by atoms with Gasteiger partial charge in [-0.25, -0.2) is 14.5 Å². The molecule has 0 spiro atoms. The molecule has 3 aromatic rings. The normalized spacial score (nSPS) is 24.7. The lowest BCUT2D eigenvalue weighted by Gasteiger charge is -2.28. The number of nitrogens with one attached hydrogen (secondary N) is 1. The minimum absolute atomic E-state index is 0.100. The van der Waals surface area contributed by atoms with Gasteiger partial charge in [-0.1, -0.05) is 18.2 Å². The number of aliphatic hydroxyl groups excluding tert-OH is 1. The number of alkyl halides is 1. The van der Waals surface area contributed by atoms with E-state index in [0.29, 0.717) is 12.4 Å². The van der Waals surface area contributed by atoms with Crippen LogP contribution in [0, 0.1) is 0 Å². The lowest BCUT2D eigenvalue weighted by Crippen LogP contribution is -2.41. The number of carbonyl (C=O) groups is 1. The first-order valence-corrected chi connectivity index (χ1v) is 15.6. The number of carbonyl (C=O) groups excluding carboxylic acids is 1. The average Bonchev–Trinajstić information content (AvgIpc) is 3.41. The summed E-state index contributed by atoms with van der Waals surface area (Å²) in [6, 6.07) is 7.75. The Hall–Kier alpha value is -2.94. The molecule has 4 rings (SSSR count). The standard InChI is InChI=1S/C25H34FN6O7PS/c1-6-35-21-18-20(29-24(27)30-21)32(13-28-18)23-25(5,26)19(33)17(38-23)12-36-40(41,39-16-10-8-7-9-11-16)31-15(4)22(34)37-14(2)3/h7-11,13-15,17,19,23,33H,6,12H2,1-5H3,(H,31,41)(H2,27,29,30)/t15?,17-,19-,23?,25-,40+/m1/s1. The van der Waals surface area contributed by atoms with Crippen LogP contribution in [-0.4, -0.2) is 73.8 Å². The predicted octanol–water partition coefficient (Wildman–Crippen LogP) is 3.04. The molecule has 1 saturated heterocycles. The molecule has 1 aliphatic heterocycles. The van der Waals surface area contributed by atoms with E-state index in [0.717, 1.165) is 0 Å². The van der Waals surface area contributed by atoms with Crippen molar-refractivity contribution in [3.63, 3.8) is 0 Å². The van der Waals surface area contributed by atoms with E-state index in [-0.39, 0.29) is 35.7 Å². The molecular formula is C25H34FN6O7PS. The Balaban J connectivity index is 1.56. The molecule has 6 atom stereocenters. The van der Waals surface area contributed by atoms with Gasteiger partial charge in [-0.15, -0.1) is 0 Å². The molecule has 1 aliphatic rings. The number of hydrogen-bond donors (Lipinski definition) is 3. The van der Waals surface area contributed by atoms with Crippen molar-refractivity contribution in [2.45, 2.75) is 70.9 Å². The van der Waals surface area contributed by atoms with Crippen molar-refractivity contribution >= 4 is 41.5 Å². The zero-order chi connectivity index (χ0) is 29.9. The largest absolute Gasteiger partial charge is 0.476 e. The van der Waals surface area contributed by atoms with Crippen LogP contribution in [0.2, 0.25) is 0 Å². The Morgan fingerprint density at radius 3 is 2.68 bits per heavy atom. The highest BCUT2D eigenvalue weighted by Gasteiger charge is 2.56. The van der Waals surface area contributed by atoms with Gasteiger partial charge in [0.2, 0.25) is 11.8 Å². The topological polar surface area (TPSA) is 165 Å². The molecule has 13 nitrogen and oxygen atoms in total. The summed E-state index contributed by atoms with van der Waals surface area (Å²) in [4.78, 5) is 25.0. The summed E-state index contributed by atoms with van der Waals surface area (Å²) in [5, 5.41) is 13.9. The number of aliphatic hydroxyl groups is 1. The Labute approximate surface area is 241 Å². The van der Waals surface area contributed by atoms with Crippen LogP contribution in [0.5, 0.6) is 11.6 Å². The molecule has 0 radical (unpaired) electrons. The van der Waals surface area contributed by atoms with E-state index < -0.39 is 42.8 Å². The molecule has 16 heteroatoms. The van der Waals surface area contributed by atoms with Gasteiger partial charge in [0.1, 0.15) is 24.0 Å². The van der Waals surface area contributed by atoms with E-state index in [2.05, 4.69) is 20.0 Å². The number of nitrogens with zero attached hydrogens (tertiary/aromatic N) is 4. The fourth-order valence-corrected chi connectivity index (χ4v) is 6.59. The van der Waals surface area contributed by atoms with Gasteiger partial charge in [0.15, 0.2) is 23.1 Å². The number of para-hydroxylation sites is 1. The molecule has 2 unspecified atom stereocenters. The molecule has 224 valence electrons. The summed E-state index contributed by atoms with van der Waals surface area (Å²) >= 11 is 5.71. The van der Waals surface area contributed by atoms with Crippen molar-refractivity contribution in [3.8, 4) is 11.6 Å². The maximum atomic E-state index is 16.1. The number of imidazole rings is 1. The molecule has 0 aliphatic carbocycles. The number of ether oxygens (including phenoxy) is 3.